The molecule has 2 amide bonds. The molecule has 2 N–H and O–H groups in total. The Kier molecular flexibility index (Phi) is 5.49. The number of nitrogens with one attached hydrogen (secondary N) is 2. The van der Waals surface area contributed by atoms with Crippen LogP contribution in [0.3, 0.4) is 0 Å². The maximum Gasteiger partial charge on any atom is 0.273 e. The maximum atomic E-state index is 13.0. The van der Waals surface area contributed by atoms with Gasteiger partial charge < -0.3 is 15.2 Å². The Hall–Kier alpha value is -2.93. The summed E-state index contributed by atoms with van der Waals surface area (Å²) in [5, 5.41) is 5.62. The lowest BCUT2D eigenvalue weighted by Gasteiger charge is -2.18. The lowest BCUT2D eigenvalue weighted by molar-refractivity contribution is 0.0746. The number of thiazole rings is 1. The highest BCUT2D eigenvalue weighted by Crippen LogP contribution is 2.28. The summed E-state index contributed by atoms with van der Waals surface area (Å²) in [5.41, 5.74) is 3.33. The van der Waals surface area contributed by atoms with Gasteiger partial charge in [-0.3, -0.25) is 9.59 Å². The molecule has 4 rings (SSSR count). The van der Waals surface area contributed by atoms with Crippen molar-refractivity contribution in [3.05, 3.63) is 75.5 Å². The van der Waals surface area contributed by atoms with E-state index in [0.717, 1.165) is 11.4 Å². The Morgan fingerprint density at radius 3 is 2.52 bits per heavy atom. The van der Waals surface area contributed by atoms with Gasteiger partial charge in [-0.05, 0) is 35.6 Å². The molecule has 0 bridgehead atoms. The summed E-state index contributed by atoms with van der Waals surface area (Å²) in [6, 6.07) is 11.4. The van der Waals surface area contributed by atoms with Gasteiger partial charge in [-0.1, -0.05) is 38.1 Å². The van der Waals surface area contributed by atoms with Gasteiger partial charge in [-0.25, -0.2) is 4.98 Å². The minimum Gasteiger partial charge on any atom is -0.357 e. The van der Waals surface area contributed by atoms with Crippen LogP contribution in [-0.4, -0.2) is 26.7 Å². The van der Waals surface area contributed by atoms with Crippen LogP contribution >= 0.6 is 11.3 Å². The molecule has 3 heterocycles. The van der Waals surface area contributed by atoms with E-state index in [1.807, 2.05) is 17.0 Å². The van der Waals surface area contributed by atoms with Crippen molar-refractivity contribution in [2.45, 2.75) is 39.4 Å². The molecule has 150 valence electrons. The SMILES string of the molecule is CC(C)C[C@H](NC(=O)c1ccc[nH]1)c1nc(C(=O)N2Cc3ccccc3C2)cs1. The van der Waals surface area contributed by atoms with Crippen molar-refractivity contribution in [3.63, 3.8) is 0 Å². The molecule has 7 heteroatoms. The van der Waals surface area contributed by atoms with E-state index in [0.29, 0.717) is 30.4 Å². The van der Waals surface area contributed by atoms with Gasteiger partial charge in [0, 0.05) is 24.7 Å². The average molecular weight is 409 g/mol. The van der Waals surface area contributed by atoms with Crippen LogP contribution in [0.25, 0.3) is 0 Å². The van der Waals surface area contributed by atoms with Crippen LogP contribution in [0.2, 0.25) is 0 Å². The zero-order valence-electron chi connectivity index (χ0n) is 16.5. The van der Waals surface area contributed by atoms with Crippen LogP contribution in [0.5, 0.6) is 0 Å². The van der Waals surface area contributed by atoms with Crippen LogP contribution in [0.4, 0.5) is 0 Å². The molecule has 0 fully saturated rings. The molecule has 1 aromatic carbocycles. The number of hydrogen-bond acceptors (Lipinski definition) is 4. The van der Waals surface area contributed by atoms with Crippen molar-refractivity contribution in [2.75, 3.05) is 0 Å². The first kappa shape index (κ1) is 19.4. The first-order chi connectivity index (χ1) is 14.0. The van der Waals surface area contributed by atoms with Gasteiger partial charge in [0.25, 0.3) is 11.8 Å². The minimum absolute atomic E-state index is 0.0670. The Morgan fingerprint density at radius 1 is 1.17 bits per heavy atom. The number of hydrogen-bond donors (Lipinski definition) is 2. The molecule has 0 radical (unpaired) electrons. The summed E-state index contributed by atoms with van der Waals surface area (Å²) >= 11 is 1.43. The molecular formula is C22H24N4O2S. The predicted octanol–water partition coefficient (Wildman–Crippen LogP) is 4.14. The fourth-order valence-electron chi connectivity index (χ4n) is 3.59. The Morgan fingerprint density at radius 2 is 1.90 bits per heavy atom. The van der Waals surface area contributed by atoms with Crippen LogP contribution in [-0.2, 0) is 13.1 Å². The third-order valence-corrected chi connectivity index (χ3v) is 5.98. The maximum absolute atomic E-state index is 13.0. The second kappa shape index (κ2) is 8.21. The molecule has 1 aliphatic rings. The molecule has 0 aliphatic carbocycles. The monoisotopic (exact) mass is 408 g/mol. The number of nitrogens with zero attached hydrogens (tertiary/aromatic N) is 2. The van der Waals surface area contributed by atoms with Crippen molar-refractivity contribution >= 4 is 23.2 Å². The second-order valence-electron chi connectivity index (χ2n) is 7.74. The molecule has 6 nitrogen and oxygen atoms in total. The topological polar surface area (TPSA) is 78.1 Å². The summed E-state index contributed by atoms with van der Waals surface area (Å²) in [7, 11) is 0. The third-order valence-electron chi connectivity index (χ3n) is 5.02. The molecule has 2 aromatic heterocycles. The smallest absolute Gasteiger partial charge is 0.273 e. The zero-order valence-corrected chi connectivity index (χ0v) is 17.3. The summed E-state index contributed by atoms with van der Waals surface area (Å²) in [6.45, 7) is 5.44. The lowest BCUT2D eigenvalue weighted by Crippen LogP contribution is -2.30. The fraction of sp³-hybridized carbons (Fsp3) is 0.318. The number of carbonyl (C=O) groups excluding carboxylic acids is 2. The highest BCUT2D eigenvalue weighted by molar-refractivity contribution is 7.09. The van der Waals surface area contributed by atoms with Gasteiger partial charge in [0.2, 0.25) is 0 Å². The molecule has 0 unspecified atom stereocenters. The zero-order chi connectivity index (χ0) is 20.4. The first-order valence-electron chi connectivity index (χ1n) is 9.77. The molecular weight excluding hydrogens is 384 g/mol. The summed E-state index contributed by atoms with van der Waals surface area (Å²) in [5.74, 6) is 0.140. The van der Waals surface area contributed by atoms with Crippen molar-refractivity contribution < 1.29 is 9.59 Å². The van der Waals surface area contributed by atoms with E-state index in [9.17, 15) is 9.59 Å². The van der Waals surface area contributed by atoms with E-state index in [2.05, 4.69) is 41.3 Å². The van der Waals surface area contributed by atoms with Gasteiger partial charge in [0.1, 0.15) is 16.4 Å². The molecule has 1 atom stereocenters. The van der Waals surface area contributed by atoms with E-state index in [4.69, 9.17) is 0 Å². The number of benzene rings is 1. The minimum atomic E-state index is -0.229. The number of aromatic amines is 1. The van der Waals surface area contributed by atoms with Crippen LogP contribution in [0.1, 0.15) is 63.4 Å². The molecule has 3 aromatic rings. The van der Waals surface area contributed by atoms with Crippen molar-refractivity contribution in [3.8, 4) is 0 Å². The molecule has 29 heavy (non-hydrogen) atoms. The molecule has 0 spiro atoms. The average Bonchev–Trinajstić information content (AvgIpc) is 3.46. The van der Waals surface area contributed by atoms with E-state index in [1.165, 1.54) is 22.5 Å². The van der Waals surface area contributed by atoms with Gasteiger partial charge in [-0.15, -0.1) is 11.3 Å². The largest absolute Gasteiger partial charge is 0.357 e. The second-order valence-corrected chi connectivity index (χ2v) is 8.63. The lowest BCUT2D eigenvalue weighted by atomic mass is 10.0. The number of rotatable bonds is 6. The fourth-order valence-corrected chi connectivity index (χ4v) is 4.44. The molecule has 1 aliphatic heterocycles. The van der Waals surface area contributed by atoms with Crippen molar-refractivity contribution in [2.24, 2.45) is 5.92 Å². The molecule has 0 saturated heterocycles. The highest BCUT2D eigenvalue weighted by Gasteiger charge is 2.27. The van der Waals surface area contributed by atoms with Crippen LogP contribution < -0.4 is 5.32 Å². The third kappa shape index (κ3) is 4.24. The summed E-state index contributed by atoms with van der Waals surface area (Å²) in [6.07, 6.45) is 2.48. The number of amides is 2. The van der Waals surface area contributed by atoms with Crippen LogP contribution in [0, 0.1) is 5.92 Å². The van der Waals surface area contributed by atoms with Crippen molar-refractivity contribution in [1.29, 1.82) is 0 Å². The van der Waals surface area contributed by atoms with E-state index in [-0.39, 0.29) is 17.9 Å². The van der Waals surface area contributed by atoms with Crippen molar-refractivity contribution in [1.82, 2.24) is 20.2 Å². The quantitative estimate of drug-likeness (QED) is 0.643. The first-order valence-corrected chi connectivity index (χ1v) is 10.6. The van der Waals surface area contributed by atoms with E-state index >= 15 is 0 Å². The Labute approximate surface area is 174 Å². The number of carbonyl (C=O) groups is 2. The van der Waals surface area contributed by atoms with E-state index < -0.39 is 0 Å². The number of fused-ring (bicyclic) bond motifs is 1. The highest BCUT2D eigenvalue weighted by atomic mass is 32.1. The molecule has 0 saturated carbocycles. The Balaban J connectivity index is 1.49. The normalized spacial score (nSPS) is 14.1. The predicted molar refractivity (Wildman–Crippen MR) is 113 cm³/mol. The Bertz CT molecular complexity index is 985. The number of aromatic nitrogens is 2. The number of H-pyrrole nitrogens is 1. The summed E-state index contributed by atoms with van der Waals surface area (Å²) in [4.78, 5) is 34.8. The standard InChI is InChI=1S/C22H24N4O2S/c1-14(2)10-18(24-20(27)17-8-5-9-23-17)21-25-19(13-29-21)22(28)26-11-15-6-3-4-7-16(15)12-26/h3-9,13-14,18,23H,10-12H2,1-2H3,(H,24,27)/t18-/m0/s1. The summed E-state index contributed by atoms with van der Waals surface area (Å²) < 4.78 is 0. The van der Waals surface area contributed by atoms with Crippen LogP contribution in [0.15, 0.2) is 48.0 Å². The van der Waals surface area contributed by atoms with Gasteiger partial charge in [0.15, 0.2) is 0 Å². The van der Waals surface area contributed by atoms with E-state index in [1.54, 1.807) is 23.7 Å². The van der Waals surface area contributed by atoms with Gasteiger partial charge in [-0.2, -0.15) is 0 Å². The van der Waals surface area contributed by atoms with Gasteiger partial charge >= 0.3 is 0 Å². The van der Waals surface area contributed by atoms with Gasteiger partial charge in [0.05, 0.1) is 6.04 Å².